The number of nitrogens with zero attached hydrogens (tertiary/aromatic N) is 4. The number of benzene rings is 2. The maximum absolute atomic E-state index is 14.0. The number of likely N-dealkylation sites (tertiary alicyclic amines) is 1. The lowest BCUT2D eigenvalue weighted by Crippen LogP contribution is -2.39. The smallest absolute Gasteiger partial charge is 0.250 e. The van der Waals surface area contributed by atoms with Crippen LogP contribution in [0, 0.1) is 17.1 Å². The van der Waals surface area contributed by atoms with Crippen LogP contribution in [0.4, 0.5) is 10.1 Å². The molecule has 1 N–H and O–H groups in total. The van der Waals surface area contributed by atoms with E-state index in [0.29, 0.717) is 17.1 Å². The van der Waals surface area contributed by atoms with Crippen LogP contribution in [0.1, 0.15) is 36.8 Å². The van der Waals surface area contributed by atoms with E-state index in [1.807, 2.05) is 11.0 Å². The topological polar surface area (TPSA) is 95.1 Å². The fraction of sp³-hybridized carbons (Fsp3) is 0.273. The Balaban J connectivity index is 1.46. The maximum atomic E-state index is 14.0. The Bertz CT molecular complexity index is 1070. The molecule has 30 heavy (non-hydrogen) atoms. The molecule has 1 fully saturated rings. The van der Waals surface area contributed by atoms with E-state index in [0.717, 1.165) is 25.8 Å². The molecule has 7 nitrogen and oxygen atoms in total. The number of hydrogen-bond donors (Lipinski definition) is 1. The number of anilines is 1. The van der Waals surface area contributed by atoms with Crippen LogP contribution in [0.25, 0.3) is 11.5 Å². The van der Waals surface area contributed by atoms with Gasteiger partial charge >= 0.3 is 0 Å². The second-order valence-corrected chi connectivity index (χ2v) is 7.14. The summed E-state index contributed by atoms with van der Waals surface area (Å²) >= 11 is 0. The van der Waals surface area contributed by atoms with Gasteiger partial charge in [0, 0.05) is 5.69 Å². The summed E-state index contributed by atoms with van der Waals surface area (Å²) in [5.41, 5.74) is 1.43. The van der Waals surface area contributed by atoms with E-state index >= 15 is 0 Å². The Kier molecular flexibility index (Phi) is 5.82. The third kappa shape index (κ3) is 4.36. The number of rotatable bonds is 5. The van der Waals surface area contributed by atoms with Crippen molar-refractivity contribution in [2.75, 3.05) is 18.4 Å². The van der Waals surface area contributed by atoms with Gasteiger partial charge in [0.2, 0.25) is 11.8 Å². The van der Waals surface area contributed by atoms with Crippen LogP contribution >= 0.6 is 0 Å². The van der Waals surface area contributed by atoms with Gasteiger partial charge in [0.25, 0.3) is 5.89 Å². The van der Waals surface area contributed by atoms with Gasteiger partial charge in [-0.1, -0.05) is 18.6 Å². The zero-order chi connectivity index (χ0) is 20.9. The maximum Gasteiger partial charge on any atom is 0.250 e. The quantitative estimate of drug-likeness (QED) is 0.691. The molecule has 4 rings (SSSR count). The molecule has 2 aromatic carbocycles. The molecule has 0 unspecified atom stereocenters. The lowest BCUT2D eigenvalue weighted by molar-refractivity contribution is -0.118. The summed E-state index contributed by atoms with van der Waals surface area (Å²) in [6.45, 7) is 0.894. The van der Waals surface area contributed by atoms with Crippen molar-refractivity contribution < 1.29 is 13.6 Å². The fourth-order valence-electron chi connectivity index (χ4n) is 3.59. The van der Waals surface area contributed by atoms with Crippen molar-refractivity contribution in [3.63, 3.8) is 0 Å². The van der Waals surface area contributed by atoms with Crippen molar-refractivity contribution in [2.45, 2.75) is 25.3 Å². The molecule has 2 heterocycles. The van der Waals surface area contributed by atoms with Crippen molar-refractivity contribution in [1.82, 2.24) is 15.1 Å². The fourth-order valence-corrected chi connectivity index (χ4v) is 3.59. The number of nitrogens with one attached hydrogen (secondary N) is 1. The Hall–Kier alpha value is -3.57. The van der Waals surface area contributed by atoms with Gasteiger partial charge in [0.1, 0.15) is 5.82 Å². The minimum atomic E-state index is -0.421. The average molecular weight is 405 g/mol. The summed E-state index contributed by atoms with van der Waals surface area (Å²) in [7, 11) is 0. The first kappa shape index (κ1) is 19.7. The zero-order valence-corrected chi connectivity index (χ0v) is 16.2. The highest BCUT2D eigenvalue weighted by molar-refractivity contribution is 5.92. The predicted molar refractivity (Wildman–Crippen MR) is 108 cm³/mol. The molecule has 1 aliphatic rings. The number of amides is 1. The molecule has 0 aliphatic carbocycles. The third-order valence-electron chi connectivity index (χ3n) is 5.09. The van der Waals surface area contributed by atoms with Crippen molar-refractivity contribution in [1.29, 1.82) is 5.26 Å². The average Bonchev–Trinajstić information content (AvgIpc) is 3.25. The second kappa shape index (κ2) is 8.84. The number of carbonyl (C=O) groups is 1. The summed E-state index contributed by atoms with van der Waals surface area (Å²) in [4.78, 5) is 14.6. The molecule has 0 bridgehead atoms. The molecule has 8 heteroatoms. The van der Waals surface area contributed by atoms with Crippen molar-refractivity contribution >= 4 is 11.6 Å². The molecule has 1 amide bonds. The van der Waals surface area contributed by atoms with Crippen molar-refractivity contribution in [3.8, 4) is 17.5 Å². The van der Waals surface area contributed by atoms with E-state index in [1.165, 1.54) is 6.07 Å². The monoisotopic (exact) mass is 405 g/mol. The predicted octanol–water partition coefficient (Wildman–Crippen LogP) is 3.91. The molecule has 152 valence electrons. The number of aromatic nitrogens is 2. The molecule has 1 saturated heterocycles. The van der Waals surface area contributed by atoms with E-state index in [-0.39, 0.29) is 29.9 Å². The lowest BCUT2D eigenvalue weighted by atomic mass is 10.0. The Morgan fingerprint density at radius 1 is 1.20 bits per heavy atom. The number of hydrogen-bond acceptors (Lipinski definition) is 6. The summed E-state index contributed by atoms with van der Waals surface area (Å²) in [6.07, 6.45) is 2.73. The van der Waals surface area contributed by atoms with E-state index in [4.69, 9.17) is 9.68 Å². The van der Waals surface area contributed by atoms with E-state index < -0.39 is 5.82 Å². The number of piperidine rings is 1. The molecular formula is C22H20FN5O2. The van der Waals surface area contributed by atoms with Gasteiger partial charge in [-0.15, -0.1) is 10.2 Å². The Morgan fingerprint density at radius 3 is 2.77 bits per heavy atom. The van der Waals surface area contributed by atoms with Crippen LogP contribution in [0.5, 0.6) is 0 Å². The minimum Gasteiger partial charge on any atom is -0.419 e. The van der Waals surface area contributed by atoms with Gasteiger partial charge < -0.3 is 9.73 Å². The first-order valence-electron chi connectivity index (χ1n) is 9.76. The highest BCUT2D eigenvalue weighted by Gasteiger charge is 2.30. The molecular weight excluding hydrogens is 385 g/mol. The molecule has 1 atom stereocenters. The molecule has 3 aromatic rings. The summed E-state index contributed by atoms with van der Waals surface area (Å²) in [6, 6.07) is 14.8. The number of nitriles is 1. The first-order valence-corrected chi connectivity index (χ1v) is 9.76. The second-order valence-electron chi connectivity index (χ2n) is 7.14. The van der Waals surface area contributed by atoms with Crippen LogP contribution in [-0.4, -0.2) is 34.1 Å². The minimum absolute atomic E-state index is 0.135. The molecule has 1 aliphatic heterocycles. The SMILES string of the molecule is N#Cc1ccc(NC(=O)CN2CCCC[C@H]2c2nnc(-c3ccccc3F)o2)cc1. The molecule has 1 aromatic heterocycles. The third-order valence-corrected chi connectivity index (χ3v) is 5.09. The van der Waals surface area contributed by atoms with Crippen molar-refractivity contribution in [3.05, 3.63) is 65.8 Å². The van der Waals surface area contributed by atoms with Gasteiger partial charge in [-0.3, -0.25) is 9.69 Å². The number of halogens is 1. The van der Waals surface area contributed by atoms with Gasteiger partial charge in [-0.2, -0.15) is 5.26 Å². The summed E-state index contributed by atoms with van der Waals surface area (Å²) < 4.78 is 19.8. The largest absolute Gasteiger partial charge is 0.419 e. The van der Waals surface area contributed by atoms with E-state index in [2.05, 4.69) is 15.5 Å². The van der Waals surface area contributed by atoms with Crippen LogP contribution < -0.4 is 5.32 Å². The molecule has 0 spiro atoms. The van der Waals surface area contributed by atoms with Crippen LogP contribution in [0.15, 0.2) is 52.9 Å². The Labute approximate surface area is 173 Å². The van der Waals surface area contributed by atoms with Gasteiger partial charge in [-0.25, -0.2) is 4.39 Å². The Morgan fingerprint density at radius 2 is 2.00 bits per heavy atom. The summed E-state index contributed by atoms with van der Waals surface area (Å²) in [5, 5.41) is 19.9. The highest BCUT2D eigenvalue weighted by atomic mass is 19.1. The lowest BCUT2D eigenvalue weighted by Gasteiger charge is -2.32. The normalized spacial score (nSPS) is 16.7. The van der Waals surface area contributed by atoms with Crippen LogP contribution in [0.3, 0.4) is 0 Å². The van der Waals surface area contributed by atoms with Crippen LogP contribution in [-0.2, 0) is 4.79 Å². The summed E-state index contributed by atoms with van der Waals surface area (Å²) in [5.74, 6) is -0.0646. The van der Waals surface area contributed by atoms with Crippen LogP contribution in [0.2, 0.25) is 0 Å². The molecule has 0 saturated carbocycles. The van der Waals surface area contributed by atoms with Gasteiger partial charge in [-0.05, 0) is 55.8 Å². The van der Waals surface area contributed by atoms with Crippen molar-refractivity contribution in [2.24, 2.45) is 0 Å². The van der Waals surface area contributed by atoms with Gasteiger partial charge in [0.15, 0.2) is 0 Å². The standard InChI is InChI=1S/C22H20FN5O2/c23-18-6-2-1-5-17(18)21-26-27-22(30-21)19-7-3-4-12-28(19)14-20(29)25-16-10-8-15(13-24)9-11-16/h1-2,5-6,8-11,19H,3-4,7,12,14H2,(H,25,29)/t19-/m0/s1. The van der Waals surface area contributed by atoms with Gasteiger partial charge in [0.05, 0.1) is 29.8 Å². The molecule has 0 radical (unpaired) electrons. The van der Waals surface area contributed by atoms with E-state index in [1.54, 1.807) is 42.5 Å². The number of carbonyl (C=O) groups excluding carboxylic acids is 1. The van der Waals surface area contributed by atoms with E-state index in [9.17, 15) is 9.18 Å². The first-order chi connectivity index (χ1) is 14.6. The zero-order valence-electron chi connectivity index (χ0n) is 16.2. The highest BCUT2D eigenvalue weighted by Crippen LogP contribution is 2.32.